The Morgan fingerprint density at radius 2 is 2.33 bits per heavy atom. The van der Waals surface area contributed by atoms with Gasteiger partial charge in [0.15, 0.2) is 0 Å². The van der Waals surface area contributed by atoms with Gasteiger partial charge in [0, 0.05) is 16.3 Å². The van der Waals surface area contributed by atoms with E-state index in [9.17, 15) is 4.79 Å². The monoisotopic (exact) mass is 304 g/mol. The van der Waals surface area contributed by atoms with Crippen LogP contribution in [-0.4, -0.2) is 11.9 Å². The molecule has 1 amide bonds. The van der Waals surface area contributed by atoms with Crippen molar-refractivity contribution < 1.29 is 9.21 Å². The van der Waals surface area contributed by atoms with Crippen molar-refractivity contribution in [2.75, 3.05) is 0 Å². The Morgan fingerprint density at radius 1 is 1.43 bits per heavy atom. The molecule has 2 aromatic rings. The molecule has 2 heterocycles. The fraction of sp³-hybridized carbons (Fsp3) is 0.438. The summed E-state index contributed by atoms with van der Waals surface area (Å²) < 4.78 is 5.19. The van der Waals surface area contributed by atoms with Crippen molar-refractivity contribution in [1.29, 1.82) is 0 Å². The van der Waals surface area contributed by atoms with Crippen molar-refractivity contribution in [2.24, 2.45) is 0 Å². The van der Waals surface area contributed by atoms with Gasteiger partial charge >= 0.3 is 0 Å². The Bertz CT molecular complexity index is 582. The van der Waals surface area contributed by atoms with Gasteiger partial charge in [-0.05, 0) is 49.9 Å². The Morgan fingerprint density at radius 3 is 3.10 bits per heavy atom. The summed E-state index contributed by atoms with van der Waals surface area (Å²) in [4.78, 5) is 14.8. The van der Waals surface area contributed by atoms with Crippen LogP contribution in [0.3, 0.4) is 0 Å². The van der Waals surface area contributed by atoms with Gasteiger partial charge in [-0.1, -0.05) is 0 Å². The first-order chi connectivity index (χ1) is 10.2. The quantitative estimate of drug-likeness (QED) is 0.862. The Labute approximate surface area is 128 Å². The number of carbonyl (C=O) groups excluding carboxylic acids is 1. The zero-order chi connectivity index (χ0) is 14.7. The lowest BCUT2D eigenvalue weighted by atomic mass is 10.2. The van der Waals surface area contributed by atoms with Gasteiger partial charge in [-0.15, -0.1) is 11.3 Å². The van der Waals surface area contributed by atoms with Crippen LogP contribution in [0.4, 0.5) is 0 Å². The number of fused-ring (bicyclic) bond motifs is 1. The standard InChI is InChI=1S/C16H20N2O2S/c1-11(16(19)18-9-13-5-3-7-20-13)17-10-14-8-12-4-2-6-15(12)21-14/h3,5,7-8,11,17H,2,4,6,9-10H2,1H3,(H,18,19). The molecule has 4 nitrogen and oxygen atoms in total. The highest BCUT2D eigenvalue weighted by molar-refractivity contribution is 7.12. The van der Waals surface area contributed by atoms with Gasteiger partial charge < -0.3 is 15.1 Å². The van der Waals surface area contributed by atoms with Crippen LogP contribution >= 0.6 is 11.3 Å². The third-order valence-electron chi connectivity index (χ3n) is 3.79. The number of thiophene rings is 1. The highest BCUT2D eigenvalue weighted by Crippen LogP contribution is 2.30. The molecule has 0 bridgehead atoms. The summed E-state index contributed by atoms with van der Waals surface area (Å²) in [6, 6.07) is 5.75. The van der Waals surface area contributed by atoms with E-state index in [1.807, 2.05) is 30.4 Å². The number of furan rings is 1. The first-order valence-electron chi connectivity index (χ1n) is 7.36. The molecule has 0 radical (unpaired) electrons. The molecule has 112 valence electrons. The first-order valence-corrected chi connectivity index (χ1v) is 8.18. The lowest BCUT2D eigenvalue weighted by Crippen LogP contribution is -2.41. The summed E-state index contributed by atoms with van der Waals surface area (Å²) in [6.07, 6.45) is 5.34. The third-order valence-corrected chi connectivity index (χ3v) is 5.03. The second-order valence-electron chi connectivity index (χ2n) is 5.41. The molecule has 0 aliphatic heterocycles. The van der Waals surface area contributed by atoms with Crippen LogP contribution < -0.4 is 10.6 Å². The molecule has 21 heavy (non-hydrogen) atoms. The summed E-state index contributed by atoms with van der Waals surface area (Å²) in [5.74, 6) is 0.765. The van der Waals surface area contributed by atoms with E-state index in [1.165, 1.54) is 34.6 Å². The van der Waals surface area contributed by atoms with Gasteiger partial charge in [-0.2, -0.15) is 0 Å². The zero-order valence-corrected chi connectivity index (χ0v) is 13.0. The van der Waals surface area contributed by atoms with Gasteiger partial charge in [0.05, 0.1) is 18.8 Å². The molecule has 1 aliphatic rings. The maximum Gasteiger partial charge on any atom is 0.237 e. The van der Waals surface area contributed by atoms with Crippen LogP contribution in [0, 0.1) is 0 Å². The number of rotatable bonds is 6. The molecule has 5 heteroatoms. The van der Waals surface area contributed by atoms with Crippen molar-refractivity contribution in [3.8, 4) is 0 Å². The SMILES string of the molecule is CC(NCc1cc2c(s1)CCC2)C(=O)NCc1ccco1. The molecule has 1 atom stereocenters. The van der Waals surface area contributed by atoms with E-state index in [2.05, 4.69) is 16.7 Å². The van der Waals surface area contributed by atoms with E-state index < -0.39 is 0 Å². The average Bonchev–Trinajstić information content (AvgIpc) is 3.18. The zero-order valence-electron chi connectivity index (χ0n) is 12.1. The summed E-state index contributed by atoms with van der Waals surface area (Å²) in [5, 5.41) is 6.15. The number of carbonyl (C=O) groups is 1. The molecule has 0 spiro atoms. The number of hydrogen-bond acceptors (Lipinski definition) is 4. The molecule has 0 saturated carbocycles. The minimum atomic E-state index is -0.211. The summed E-state index contributed by atoms with van der Waals surface area (Å²) in [6.45, 7) is 3.08. The first kappa shape index (κ1) is 14.4. The molecule has 3 rings (SSSR count). The van der Waals surface area contributed by atoms with Gasteiger partial charge in [-0.3, -0.25) is 4.79 Å². The minimum absolute atomic E-state index is 0.00417. The van der Waals surface area contributed by atoms with E-state index in [0.29, 0.717) is 6.54 Å². The maximum absolute atomic E-state index is 12.0. The van der Waals surface area contributed by atoms with Crippen LogP contribution in [0.1, 0.15) is 34.4 Å². The normalized spacial score (nSPS) is 14.9. The van der Waals surface area contributed by atoms with E-state index in [-0.39, 0.29) is 11.9 Å². The Balaban J connectivity index is 1.44. The molecular weight excluding hydrogens is 284 g/mol. The molecule has 0 aromatic carbocycles. The number of aryl methyl sites for hydroxylation is 2. The van der Waals surface area contributed by atoms with Crippen LogP contribution in [0.15, 0.2) is 28.9 Å². The lowest BCUT2D eigenvalue weighted by Gasteiger charge is -2.12. The molecule has 0 saturated heterocycles. The fourth-order valence-electron chi connectivity index (χ4n) is 2.56. The van der Waals surface area contributed by atoms with Crippen LogP contribution in [0.2, 0.25) is 0 Å². The van der Waals surface area contributed by atoms with Crippen molar-refractivity contribution in [1.82, 2.24) is 10.6 Å². The van der Waals surface area contributed by atoms with Gasteiger partial charge in [-0.25, -0.2) is 0 Å². The number of nitrogens with one attached hydrogen (secondary N) is 2. The Kier molecular flexibility index (Phi) is 4.41. The molecular formula is C16H20N2O2S. The molecule has 2 N–H and O–H groups in total. The molecule has 2 aromatic heterocycles. The van der Waals surface area contributed by atoms with E-state index >= 15 is 0 Å². The second kappa shape index (κ2) is 6.45. The van der Waals surface area contributed by atoms with E-state index in [1.54, 1.807) is 6.26 Å². The van der Waals surface area contributed by atoms with Crippen molar-refractivity contribution >= 4 is 17.2 Å². The van der Waals surface area contributed by atoms with E-state index in [0.717, 1.165) is 12.3 Å². The van der Waals surface area contributed by atoms with Crippen LogP contribution in [0.25, 0.3) is 0 Å². The number of amides is 1. The third kappa shape index (κ3) is 3.54. The Hall–Kier alpha value is -1.59. The smallest absolute Gasteiger partial charge is 0.237 e. The minimum Gasteiger partial charge on any atom is -0.467 e. The van der Waals surface area contributed by atoms with E-state index in [4.69, 9.17) is 4.42 Å². The average molecular weight is 304 g/mol. The van der Waals surface area contributed by atoms with Gasteiger partial charge in [0.1, 0.15) is 5.76 Å². The summed E-state index contributed by atoms with van der Waals surface area (Å²) in [5.41, 5.74) is 1.51. The topological polar surface area (TPSA) is 54.3 Å². The largest absolute Gasteiger partial charge is 0.467 e. The van der Waals surface area contributed by atoms with Gasteiger partial charge in [0.25, 0.3) is 0 Å². The maximum atomic E-state index is 12.0. The fourth-order valence-corrected chi connectivity index (χ4v) is 3.78. The van der Waals surface area contributed by atoms with Gasteiger partial charge in [0.2, 0.25) is 5.91 Å². The predicted octanol–water partition coefficient (Wildman–Crippen LogP) is 2.62. The predicted molar refractivity (Wildman–Crippen MR) is 83.2 cm³/mol. The summed E-state index contributed by atoms with van der Waals surface area (Å²) in [7, 11) is 0. The van der Waals surface area contributed by atoms with Crippen molar-refractivity contribution in [3.05, 3.63) is 45.5 Å². The van der Waals surface area contributed by atoms with Crippen LogP contribution in [0.5, 0.6) is 0 Å². The highest BCUT2D eigenvalue weighted by atomic mass is 32.1. The lowest BCUT2D eigenvalue weighted by molar-refractivity contribution is -0.123. The molecule has 1 unspecified atom stereocenters. The van der Waals surface area contributed by atoms with Crippen molar-refractivity contribution in [2.45, 2.75) is 45.3 Å². The van der Waals surface area contributed by atoms with Crippen LogP contribution in [-0.2, 0) is 30.7 Å². The number of hydrogen-bond donors (Lipinski definition) is 2. The summed E-state index contributed by atoms with van der Waals surface area (Å²) >= 11 is 1.88. The highest BCUT2D eigenvalue weighted by Gasteiger charge is 2.16. The molecule has 1 aliphatic carbocycles. The van der Waals surface area contributed by atoms with Crippen molar-refractivity contribution in [3.63, 3.8) is 0 Å². The second-order valence-corrected chi connectivity index (χ2v) is 6.64. The molecule has 0 fully saturated rings.